The Labute approximate surface area is 128 Å². The molecular formula is C12H24ClNO4. The second-order valence-corrected chi connectivity index (χ2v) is 4.30. The lowest BCUT2D eigenvalue weighted by Gasteiger charge is -2.28. The highest BCUT2D eigenvalue weighted by Gasteiger charge is 2.24. The molecule has 6 heteroatoms. The van der Waals surface area contributed by atoms with Gasteiger partial charge in [-0.1, -0.05) is 13.8 Å². The van der Waals surface area contributed by atoms with Crippen LogP contribution in [-0.4, -0.2) is 55.1 Å². The summed E-state index contributed by atoms with van der Waals surface area (Å²) < 4.78 is 70.2. The molecule has 0 aliphatic rings. The minimum Gasteiger partial charge on any atom is -1.00 e. The fraction of sp³-hybridized carbons (Fsp3) is 0.833. The van der Waals surface area contributed by atoms with Crippen LogP contribution in [0.15, 0.2) is 0 Å². The first-order chi connectivity index (χ1) is 11.3. The van der Waals surface area contributed by atoms with Gasteiger partial charge in [-0.2, -0.15) is 0 Å². The molecule has 0 saturated heterocycles. The Morgan fingerprint density at radius 3 is 2.22 bits per heavy atom. The van der Waals surface area contributed by atoms with Gasteiger partial charge in [0.05, 0.1) is 39.7 Å². The lowest BCUT2D eigenvalue weighted by Crippen LogP contribution is -3.00. The number of carboxylic acids is 1. The van der Waals surface area contributed by atoms with Gasteiger partial charge in [-0.15, -0.1) is 0 Å². The maximum absolute atomic E-state index is 11.8. The van der Waals surface area contributed by atoms with Gasteiger partial charge in [0.25, 0.3) is 0 Å². The van der Waals surface area contributed by atoms with Crippen LogP contribution in [0.1, 0.15) is 39.0 Å². The molecule has 0 fully saturated rings. The standard InChI is InChI=1S/C12H23NO4.ClH/c1-9(2)6-12(16)17-10(7-11(14)15)8-13(3,4)5;/h9-10H,6-8H2,1-5H3;1H/i3D3,4D3,5D3;. The molecule has 0 aromatic rings. The van der Waals surface area contributed by atoms with Crippen molar-refractivity contribution in [2.75, 3.05) is 27.5 Å². The van der Waals surface area contributed by atoms with E-state index in [1.165, 1.54) is 0 Å². The summed E-state index contributed by atoms with van der Waals surface area (Å²) in [7, 11) is 0. The molecule has 0 radical (unpaired) electrons. The summed E-state index contributed by atoms with van der Waals surface area (Å²) >= 11 is 0. The molecule has 1 unspecified atom stereocenters. The number of likely N-dealkylation sites (N-methyl/N-ethyl adjacent to an activating group) is 1. The minimum absolute atomic E-state index is 0. The molecule has 0 heterocycles. The normalized spacial score (nSPS) is 22.3. The highest BCUT2D eigenvalue weighted by molar-refractivity contribution is 5.71. The van der Waals surface area contributed by atoms with E-state index >= 15 is 0 Å². The maximum atomic E-state index is 11.8. The molecule has 0 aliphatic carbocycles. The largest absolute Gasteiger partial charge is 1.00 e. The molecule has 18 heavy (non-hydrogen) atoms. The van der Waals surface area contributed by atoms with E-state index in [0.29, 0.717) is 0 Å². The summed E-state index contributed by atoms with van der Waals surface area (Å²) in [6, 6.07) is 0. The van der Waals surface area contributed by atoms with Crippen LogP contribution in [-0.2, 0) is 14.3 Å². The SMILES string of the molecule is [2H]C([2H])([2H])[N+](CC(CC(=O)O)OC(=O)CC(C)C)(C([2H])([2H])[2H])C([2H])([2H])[2H].[Cl-]. The van der Waals surface area contributed by atoms with Crippen LogP contribution in [0.2, 0.25) is 0 Å². The number of hydrogen-bond acceptors (Lipinski definition) is 3. The zero-order chi connectivity index (χ0) is 21.1. The van der Waals surface area contributed by atoms with Crippen molar-refractivity contribution in [2.24, 2.45) is 5.92 Å². The zero-order valence-electron chi connectivity index (χ0n) is 19.3. The summed E-state index contributed by atoms with van der Waals surface area (Å²) in [5.74, 6) is -2.52. The number of halogens is 1. The number of ether oxygens (including phenoxy) is 1. The van der Waals surface area contributed by atoms with Crippen LogP contribution in [0.25, 0.3) is 0 Å². The van der Waals surface area contributed by atoms with Crippen LogP contribution >= 0.6 is 0 Å². The van der Waals surface area contributed by atoms with Gasteiger partial charge in [0.2, 0.25) is 0 Å². The topological polar surface area (TPSA) is 63.6 Å². The van der Waals surface area contributed by atoms with E-state index in [9.17, 15) is 9.59 Å². The third kappa shape index (κ3) is 11.7. The monoisotopic (exact) mass is 290 g/mol. The Kier molecular flexibility index (Phi) is 3.56. The van der Waals surface area contributed by atoms with Gasteiger partial charge in [-0.05, 0) is 5.92 Å². The highest BCUT2D eigenvalue weighted by atomic mass is 35.5. The molecule has 0 spiro atoms. The minimum atomic E-state index is -3.54. The molecule has 1 N–H and O–H groups in total. The molecule has 1 atom stereocenters. The summed E-state index contributed by atoms with van der Waals surface area (Å²) in [6.45, 7) is -8.49. The number of carbonyl (C=O) groups excluding carboxylic acids is 1. The van der Waals surface area contributed by atoms with E-state index in [0.717, 1.165) is 0 Å². The van der Waals surface area contributed by atoms with Crippen LogP contribution in [0.5, 0.6) is 0 Å². The number of nitrogens with zero attached hydrogens (tertiary/aromatic N) is 1. The molecule has 0 aliphatic heterocycles. The quantitative estimate of drug-likeness (QED) is 0.441. The average Bonchev–Trinajstić information content (AvgIpc) is 2.28. The molecular weight excluding hydrogens is 258 g/mol. The first kappa shape index (κ1) is 7.70. The summed E-state index contributed by atoms with van der Waals surface area (Å²) in [5.41, 5.74) is 0. The number of esters is 1. The van der Waals surface area contributed by atoms with Crippen LogP contribution < -0.4 is 12.4 Å². The molecule has 0 aromatic heterocycles. The van der Waals surface area contributed by atoms with E-state index in [-0.39, 0.29) is 24.7 Å². The van der Waals surface area contributed by atoms with E-state index in [1.54, 1.807) is 13.8 Å². The fourth-order valence-corrected chi connectivity index (χ4v) is 1.21. The summed E-state index contributed by atoms with van der Waals surface area (Å²) in [6.07, 6.45) is -2.78. The number of aliphatic carboxylic acids is 1. The number of carbonyl (C=O) groups is 2. The smallest absolute Gasteiger partial charge is 0.307 e. The van der Waals surface area contributed by atoms with Crippen LogP contribution in [0.3, 0.4) is 0 Å². The van der Waals surface area contributed by atoms with Crippen molar-refractivity contribution < 1.29 is 48.7 Å². The zero-order valence-corrected chi connectivity index (χ0v) is 11.0. The first-order valence-electron chi connectivity index (χ1n) is 9.65. The lowest BCUT2D eigenvalue weighted by atomic mass is 10.1. The third-order valence-electron chi connectivity index (χ3n) is 1.75. The molecule has 108 valence electrons. The molecule has 0 amide bonds. The van der Waals surface area contributed by atoms with Gasteiger partial charge in [0.1, 0.15) is 6.54 Å². The van der Waals surface area contributed by atoms with Gasteiger partial charge >= 0.3 is 11.9 Å². The van der Waals surface area contributed by atoms with Crippen LogP contribution in [0, 0.1) is 5.92 Å². The number of carboxylic acid groups (broad SMARTS) is 1. The predicted molar refractivity (Wildman–Crippen MR) is 64.5 cm³/mol. The van der Waals surface area contributed by atoms with Crippen molar-refractivity contribution in [3.8, 4) is 0 Å². The van der Waals surface area contributed by atoms with Crippen molar-refractivity contribution in [2.45, 2.75) is 32.8 Å². The number of rotatable bonds is 7. The van der Waals surface area contributed by atoms with Gasteiger partial charge < -0.3 is 26.7 Å². The second-order valence-electron chi connectivity index (χ2n) is 4.30. The van der Waals surface area contributed by atoms with Gasteiger partial charge in [-0.25, -0.2) is 0 Å². The molecule has 5 nitrogen and oxygen atoms in total. The summed E-state index contributed by atoms with van der Waals surface area (Å²) in [4.78, 5) is 22.9. The van der Waals surface area contributed by atoms with Crippen molar-refractivity contribution >= 4 is 11.9 Å². The van der Waals surface area contributed by atoms with E-state index in [2.05, 4.69) is 0 Å². The third-order valence-corrected chi connectivity index (χ3v) is 1.75. The summed E-state index contributed by atoms with van der Waals surface area (Å²) in [5, 5.41) is 8.96. The number of quaternary nitrogens is 1. The molecule has 0 bridgehead atoms. The molecule has 0 aromatic carbocycles. The fourth-order valence-electron chi connectivity index (χ4n) is 1.21. The van der Waals surface area contributed by atoms with E-state index in [1.807, 2.05) is 0 Å². The maximum Gasteiger partial charge on any atom is 0.307 e. The van der Waals surface area contributed by atoms with Crippen molar-refractivity contribution in [3.05, 3.63) is 0 Å². The predicted octanol–water partition coefficient (Wildman–Crippen LogP) is -1.87. The Morgan fingerprint density at radius 2 is 1.83 bits per heavy atom. The Balaban J connectivity index is 0. The Bertz CT molecular complexity index is 480. The van der Waals surface area contributed by atoms with Gasteiger partial charge in [-0.3, -0.25) is 9.59 Å². The van der Waals surface area contributed by atoms with Gasteiger partial charge in [0, 0.05) is 6.42 Å². The Hall–Kier alpha value is -0.810. The van der Waals surface area contributed by atoms with Crippen LogP contribution in [0.4, 0.5) is 0 Å². The second kappa shape index (κ2) is 8.32. The van der Waals surface area contributed by atoms with Crippen molar-refractivity contribution in [1.82, 2.24) is 0 Å². The molecule has 0 saturated carbocycles. The first-order valence-corrected chi connectivity index (χ1v) is 5.15. The Morgan fingerprint density at radius 1 is 1.28 bits per heavy atom. The van der Waals surface area contributed by atoms with Crippen molar-refractivity contribution in [3.63, 3.8) is 0 Å². The van der Waals surface area contributed by atoms with Crippen molar-refractivity contribution in [1.29, 1.82) is 0 Å². The van der Waals surface area contributed by atoms with E-state index in [4.69, 9.17) is 22.2 Å². The molecule has 0 rings (SSSR count). The average molecular weight is 291 g/mol. The van der Waals surface area contributed by atoms with Gasteiger partial charge in [0.15, 0.2) is 6.10 Å². The lowest BCUT2D eigenvalue weighted by molar-refractivity contribution is -0.873. The highest BCUT2D eigenvalue weighted by Crippen LogP contribution is 2.09. The van der Waals surface area contributed by atoms with E-state index < -0.39 is 56.4 Å². The number of hydrogen-bond donors (Lipinski definition) is 1.